The van der Waals surface area contributed by atoms with Gasteiger partial charge in [-0.25, -0.2) is 9.37 Å². The van der Waals surface area contributed by atoms with Crippen molar-refractivity contribution < 1.29 is 13.9 Å². The zero-order chi connectivity index (χ0) is 18.7. The van der Waals surface area contributed by atoms with E-state index >= 15 is 0 Å². The van der Waals surface area contributed by atoms with E-state index in [1.807, 2.05) is 45.0 Å². The van der Waals surface area contributed by atoms with Crippen molar-refractivity contribution in [2.75, 3.05) is 11.9 Å². The van der Waals surface area contributed by atoms with Crippen LogP contribution in [0.1, 0.15) is 20.8 Å². The average molecular weight is 352 g/mol. The number of hydrogen-bond acceptors (Lipinski definition) is 3. The molecule has 3 rings (SSSR count). The normalized spacial score (nSPS) is 11.0. The molecule has 2 aromatic carbocycles. The number of pyridine rings is 1. The molecule has 0 saturated heterocycles. The summed E-state index contributed by atoms with van der Waals surface area (Å²) in [7, 11) is 0. The Morgan fingerprint density at radius 1 is 1.15 bits per heavy atom. The number of anilines is 1. The Morgan fingerprint density at radius 2 is 1.88 bits per heavy atom. The molecule has 0 aliphatic rings. The molecule has 134 valence electrons. The Kier molecular flexibility index (Phi) is 5.16. The molecule has 0 unspecified atom stereocenters. The first kappa shape index (κ1) is 17.9. The van der Waals surface area contributed by atoms with Gasteiger partial charge in [-0.05, 0) is 49.4 Å². The molecule has 5 heteroatoms. The van der Waals surface area contributed by atoms with Gasteiger partial charge in [0.05, 0.1) is 17.8 Å². The topological polar surface area (TPSA) is 51.2 Å². The summed E-state index contributed by atoms with van der Waals surface area (Å²) in [4.78, 5) is 16.6. The first-order valence-electron chi connectivity index (χ1n) is 8.62. The van der Waals surface area contributed by atoms with Gasteiger partial charge >= 0.3 is 0 Å². The van der Waals surface area contributed by atoms with Gasteiger partial charge in [-0.2, -0.15) is 0 Å². The molecule has 3 aromatic rings. The number of aromatic nitrogens is 1. The van der Waals surface area contributed by atoms with Crippen molar-refractivity contribution in [3.63, 3.8) is 0 Å². The maximum Gasteiger partial charge on any atom is 0.226 e. The lowest BCUT2D eigenvalue weighted by atomic mass is 10.1. The number of fused-ring (bicyclic) bond motifs is 1. The van der Waals surface area contributed by atoms with Crippen LogP contribution in [0.4, 0.5) is 10.1 Å². The monoisotopic (exact) mass is 352 g/mol. The summed E-state index contributed by atoms with van der Waals surface area (Å²) >= 11 is 0. The van der Waals surface area contributed by atoms with Crippen molar-refractivity contribution in [2.24, 2.45) is 5.92 Å². The van der Waals surface area contributed by atoms with Crippen molar-refractivity contribution in [3.8, 4) is 17.0 Å². The fraction of sp³-hybridized carbons (Fsp3) is 0.238. The van der Waals surface area contributed by atoms with Crippen LogP contribution in [0.5, 0.6) is 5.75 Å². The lowest BCUT2D eigenvalue weighted by molar-refractivity contribution is -0.118. The largest absolute Gasteiger partial charge is 0.493 e. The lowest BCUT2D eigenvalue weighted by Crippen LogP contribution is -2.17. The molecule has 26 heavy (non-hydrogen) atoms. The van der Waals surface area contributed by atoms with Gasteiger partial charge < -0.3 is 10.1 Å². The van der Waals surface area contributed by atoms with Crippen LogP contribution >= 0.6 is 0 Å². The fourth-order valence-electron chi connectivity index (χ4n) is 2.60. The number of hydrogen-bond donors (Lipinski definition) is 1. The SMILES string of the molecule is CCOc1cc(-c2ccc(F)cc2)nc2ccc(NC(=O)C(C)C)cc12. The molecule has 0 aliphatic heterocycles. The lowest BCUT2D eigenvalue weighted by Gasteiger charge is -2.13. The second-order valence-corrected chi connectivity index (χ2v) is 6.32. The minimum atomic E-state index is -0.287. The van der Waals surface area contributed by atoms with Crippen LogP contribution in [0.25, 0.3) is 22.2 Å². The zero-order valence-corrected chi connectivity index (χ0v) is 15.0. The van der Waals surface area contributed by atoms with Gasteiger partial charge in [0.2, 0.25) is 5.91 Å². The minimum Gasteiger partial charge on any atom is -0.493 e. The number of benzene rings is 2. The molecule has 0 bridgehead atoms. The van der Waals surface area contributed by atoms with E-state index in [4.69, 9.17) is 4.74 Å². The number of nitrogens with one attached hydrogen (secondary N) is 1. The van der Waals surface area contributed by atoms with Crippen LogP contribution in [-0.4, -0.2) is 17.5 Å². The molecule has 0 saturated carbocycles. The predicted octanol–water partition coefficient (Wildman–Crippen LogP) is 5.03. The highest BCUT2D eigenvalue weighted by Crippen LogP contribution is 2.32. The Bertz CT molecular complexity index is 937. The highest BCUT2D eigenvalue weighted by Gasteiger charge is 2.12. The van der Waals surface area contributed by atoms with Gasteiger partial charge in [0.15, 0.2) is 0 Å². The van der Waals surface area contributed by atoms with E-state index in [0.717, 1.165) is 16.5 Å². The van der Waals surface area contributed by atoms with E-state index in [1.165, 1.54) is 12.1 Å². The molecular weight excluding hydrogens is 331 g/mol. The third kappa shape index (κ3) is 3.82. The van der Waals surface area contributed by atoms with Crippen LogP contribution in [0, 0.1) is 11.7 Å². The van der Waals surface area contributed by atoms with Gasteiger partial charge in [0.1, 0.15) is 11.6 Å². The quantitative estimate of drug-likeness (QED) is 0.700. The van der Waals surface area contributed by atoms with Gasteiger partial charge in [-0.15, -0.1) is 0 Å². The first-order chi connectivity index (χ1) is 12.5. The summed E-state index contributed by atoms with van der Waals surface area (Å²) in [6, 6.07) is 13.6. The van der Waals surface area contributed by atoms with E-state index in [9.17, 15) is 9.18 Å². The third-order valence-electron chi connectivity index (χ3n) is 4.00. The molecular formula is C21H21FN2O2. The fourth-order valence-corrected chi connectivity index (χ4v) is 2.60. The Labute approximate surface area is 152 Å². The first-order valence-corrected chi connectivity index (χ1v) is 8.62. The Morgan fingerprint density at radius 3 is 2.54 bits per heavy atom. The van der Waals surface area contributed by atoms with Crippen LogP contribution in [0.3, 0.4) is 0 Å². The number of carbonyl (C=O) groups is 1. The van der Waals surface area contributed by atoms with Crippen molar-refractivity contribution in [3.05, 3.63) is 54.3 Å². The minimum absolute atomic E-state index is 0.0433. The smallest absolute Gasteiger partial charge is 0.226 e. The van der Waals surface area contributed by atoms with Crippen LogP contribution in [-0.2, 0) is 4.79 Å². The number of halogens is 1. The molecule has 4 nitrogen and oxygen atoms in total. The van der Waals surface area contributed by atoms with E-state index in [2.05, 4.69) is 10.3 Å². The summed E-state index contributed by atoms with van der Waals surface area (Å²) in [5.41, 5.74) is 2.97. The van der Waals surface area contributed by atoms with Crippen molar-refractivity contribution in [1.29, 1.82) is 0 Å². The number of rotatable bonds is 5. The van der Waals surface area contributed by atoms with Crippen LogP contribution in [0.2, 0.25) is 0 Å². The number of nitrogens with zero attached hydrogens (tertiary/aromatic N) is 1. The summed E-state index contributed by atoms with van der Waals surface area (Å²) in [6.45, 7) is 6.11. The maximum absolute atomic E-state index is 13.2. The zero-order valence-electron chi connectivity index (χ0n) is 15.0. The highest BCUT2D eigenvalue weighted by atomic mass is 19.1. The Balaban J connectivity index is 2.06. The molecule has 1 aromatic heterocycles. The Hall–Kier alpha value is -2.95. The third-order valence-corrected chi connectivity index (χ3v) is 4.00. The van der Waals surface area contributed by atoms with Gasteiger partial charge in [-0.1, -0.05) is 13.8 Å². The highest BCUT2D eigenvalue weighted by molar-refractivity contribution is 5.96. The maximum atomic E-state index is 13.2. The molecule has 0 spiro atoms. The van der Waals surface area contributed by atoms with Gasteiger partial charge in [0.25, 0.3) is 0 Å². The second kappa shape index (κ2) is 7.52. The average Bonchev–Trinajstić information content (AvgIpc) is 2.62. The van der Waals surface area contributed by atoms with E-state index in [-0.39, 0.29) is 17.6 Å². The number of ether oxygens (including phenoxy) is 1. The van der Waals surface area contributed by atoms with Gasteiger partial charge in [0, 0.05) is 28.6 Å². The van der Waals surface area contributed by atoms with E-state index in [0.29, 0.717) is 23.7 Å². The molecule has 0 aliphatic carbocycles. The summed E-state index contributed by atoms with van der Waals surface area (Å²) in [5, 5.41) is 3.71. The molecule has 1 N–H and O–H groups in total. The summed E-state index contributed by atoms with van der Waals surface area (Å²) < 4.78 is 19.0. The van der Waals surface area contributed by atoms with E-state index in [1.54, 1.807) is 12.1 Å². The molecule has 1 amide bonds. The standard InChI is InChI=1S/C21H21FN2O2/c1-4-26-20-12-19(14-5-7-15(22)8-6-14)24-18-10-9-16(11-17(18)20)23-21(25)13(2)3/h5-13H,4H2,1-3H3,(H,23,25). The summed E-state index contributed by atoms with van der Waals surface area (Å²) in [6.07, 6.45) is 0. The van der Waals surface area contributed by atoms with Crippen LogP contribution < -0.4 is 10.1 Å². The van der Waals surface area contributed by atoms with Crippen molar-refractivity contribution in [1.82, 2.24) is 4.98 Å². The molecule has 0 radical (unpaired) electrons. The number of amides is 1. The van der Waals surface area contributed by atoms with E-state index < -0.39 is 0 Å². The van der Waals surface area contributed by atoms with Crippen LogP contribution in [0.15, 0.2) is 48.5 Å². The number of carbonyl (C=O) groups excluding carboxylic acids is 1. The molecule has 0 atom stereocenters. The van der Waals surface area contributed by atoms with Gasteiger partial charge in [-0.3, -0.25) is 4.79 Å². The molecule has 1 heterocycles. The molecule has 0 fully saturated rings. The van der Waals surface area contributed by atoms with Crippen molar-refractivity contribution in [2.45, 2.75) is 20.8 Å². The van der Waals surface area contributed by atoms with Crippen molar-refractivity contribution >= 4 is 22.5 Å². The summed E-state index contributed by atoms with van der Waals surface area (Å²) in [5.74, 6) is 0.247. The second-order valence-electron chi connectivity index (χ2n) is 6.32. The predicted molar refractivity (Wildman–Crippen MR) is 102 cm³/mol.